The van der Waals surface area contributed by atoms with E-state index in [1.54, 1.807) is 0 Å². The highest BCUT2D eigenvalue weighted by molar-refractivity contribution is 7.89. The Kier molecular flexibility index (Phi) is 6.16. The Bertz CT molecular complexity index is 551. The first-order valence-electron chi connectivity index (χ1n) is 7.22. The highest BCUT2D eigenvalue weighted by atomic mass is 32.2. The maximum absolute atomic E-state index is 13.3. The van der Waals surface area contributed by atoms with Crippen LogP contribution in [0.4, 0.5) is 10.1 Å². The van der Waals surface area contributed by atoms with Crippen molar-refractivity contribution in [3.63, 3.8) is 0 Å². The van der Waals surface area contributed by atoms with Crippen molar-refractivity contribution < 1.29 is 12.8 Å². The molecule has 0 fully saturated rings. The summed E-state index contributed by atoms with van der Waals surface area (Å²) in [6.07, 6.45) is 4.27. The number of hydrogen-bond donors (Lipinski definition) is 2. The summed E-state index contributed by atoms with van der Waals surface area (Å²) in [5.41, 5.74) is 5.44. The third-order valence-corrected chi connectivity index (χ3v) is 4.78. The molecule has 0 bridgehead atoms. The monoisotopic (exact) mass is 316 g/mol. The number of nitrogens with two attached hydrogens (primary N) is 1. The summed E-state index contributed by atoms with van der Waals surface area (Å²) in [6, 6.07) is 3.33. The maximum atomic E-state index is 13.3. The molecule has 0 atom stereocenters. The van der Waals surface area contributed by atoms with E-state index in [0.717, 1.165) is 37.8 Å². The molecule has 6 heteroatoms. The van der Waals surface area contributed by atoms with Gasteiger partial charge in [-0.05, 0) is 30.0 Å². The molecule has 0 amide bonds. The Labute approximate surface area is 127 Å². The number of unbranched alkanes of at least 4 members (excludes halogenated alkanes) is 2. The van der Waals surface area contributed by atoms with Gasteiger partial charge in [0.25, 0.3) is 0 Å². The predicted molar refractivity (Wildman–Crippen MR) is 83.9 cm³/mol. The summed E-state index contributed by atoms with van der Waals surface area (Å²) in [6.45, 7) is 6.48. The third kappa shape index (κ3) is 6.01. The van der Waals surface area contributed by atoms with Crippen LogP contribution in [-0.2, 0) is 10.0 Å². The maximum Gasteiger partial charge on any atom is 0.240 e. The van der Waals surface area contributed by atoms with E-state index in [9.17, 15) is 12.8 Å². The Hall–Kier alpha value is -1.14. The van der Waals surface area contributed by atoms with Crippen LogP contribution in [0.1, 0.15) is 46.5 Å². The van der Waals surface area contributed by atoms with Crippen LogP contribution in [0.3, 0.4) is 0 Å². The van der Waals surface area contributed by atoms with Gasteiger partial charge in [0.2, 0.25) is 10.0 Å². The van der Waals surface area contributed by atoms with Gasteiger partial charge in [-0.25, -0.2) is 17.5 Å². The van der Waals surface area contributed by atoms with E-state index in [1.165, 1.54) is 6.07 Å². The lowest BCUT2D eigenvalue weighted by Gasteiger charge is -2.25. The Morgan fingerprint density at radius 2 is 1.90 bits per heavy atom. The van der Waals surface area contributed by atoms with Gasteiger partial charge in [0.05, 0.1) is 4.90 Å². The van der Waals surface area contributed by atoms with Gasteiger partial charge in [-0.3, -0.25) is 0 Å². The standard InChI is InChI=1S/C15H25FN2O2S/c1-4-5-6-7-15(2,3)11-18-21(19,20)14-9-12(16)8-13(17)10-14/h8-10,18H,4-7,11,17H2,1-3H3. The van der Waals surface area contributed by atoms with Gasteiger partial charge in [-0.2, -0.15) is 0 Å². The zero-order chi connectivity index (χ0) is 16.1. The van der Waals surface area contributed by atoms with Crippen LogP contribution in [0.2, 0.25) is 0 Å². The zero-order valence-electron chi connectivity index (χ0n) is 12.9. The fourth-order valence-electron chi connectivity index (χ4n) is 2.06. The number of hydrogen-bond acceptors (Lipinski definition) is 3. The molecule has 21 heavy (non-hydrogen) atoms. The Morgan fingerprint density at radius 1 is 1.24 bits per heavy atom. The minimum absolute atomic E-state index is 0.0950. The highest BCUT2D eigenvalue weighted by Crippen LogP contribution is 2.24. The molecule has 0 aliphatic carbocycles. The van der Waals surface area contributed by atoms with E-state index in [2.05, 4.69) is 11.6 Å². The minimum Gasteiger partial charge on any atom is -0.399 e. The third-order valence-electron chi connectivity index (χ3n) is 3.40. The second-order valence-electron chi connectivity index (χ2n) is 6.17. The van der Waals surface area contributed by atoms with Gasteiger partial charge in [0, 0.05) is 12.2 Å². The van der Waals surface area contributed by atoms with E-state index in [1.807, 2.05) is 13.8 Å². The van der Waals surface area contributed by atoms with Crippen LogP contribution in [0, 0.1) is 11.2 Å². The second-order valence-corrected chi connectivity index (χ2v) is 7.93. The molecule has 0 aliphatic heterocycles. The van der Waals surface area contributed by atoms with Gasteiger partial charge >= 0.3 is 0 Å². The lowest BCUT2D eigenvalue weighted by molar-refractivity contribution is 0.320. The van der Waals surface area contributed by atoms with Crippen molar-refractivity contribution in [3.8, 4) is 0 Å². The molecule has 1 aromatic rings. The van der Waals surface area contributed by atoms with Gasteiger partial charge in [-0.1, -0.05) is 40.0 Å². The number of nitrogen functional groups attached to an aromatic ring is 1. The topological polar surface area (TPSA) is 72.2 Å². The molecule has 0 radical (unpaired) electrons. The average Bonchev–Trinajstić information content (AvgIpc) is 2.36. The number of sulfonamides is 1. The molecule has 0 aromatic heterocycles. The first kappa shape index (κ1) is 17.9. The average molecular weight is 316 g/mol. The number of benzene rings is 1. The molecule has 0 spiro atoms. The summed E-state index contributed by atoms with van der Waals surface area (Å²) in [7, 11) is -3.74. The van der Waals surface area contributed by atoms with Crippen molar-refractivity contribution in [3.05, 3.63) is 24.0 Å². The molecular weight excluding hydrogens is 291 g/mol. The molecular formula is C15H25FN2O2S. The summed E-state index contributed by atoms with van der Waals surface area (Å²) in [4.78, 5) is -0.135. The quantitative estimate of drug-likeness (QED) is 0.571. The smallest absolute Gasteiger partial charge is 0.240 e. The second kappa shape index (κ2) is 7.22. The van der Waals surface area contributed by atoms with Gasteiger partial charge in [-0.15, -0.1) is 0 Å². The number of halogens is 1. The molecule has 0 heterocycles. The fourth-order valence-corrected chi connectivity index (χ4v) is 3.36. The van der Waals surface area contributed by atoms with Crippen LogP contribution >= 0.6 is 0 Å². The number of anilines is 1. The first-order valence-corrected chi connectivity index (χ1v) is 8.70. The largest absolute Gasteiger partial charge is 0.399 e. The molecule has 120 valence electrons. The van der Waals surface area contributed by atoms with Crippen molar-refractivity contribution in [2.75, 3.05) is 12.3 Å². The SMILES string of the molecule is CCCCCC(C)(C)CNS(=O)(=O)c1cc(N)cc(F)c1. The molecule has 0 saturated carbocycles. The summed E-state index contributed by atoms with van der Waals surface area (Å²) in [5, 5.41) is 0. The van der Waals surface area contributed by atoms with Crippen molar-refractivity contribution in [1.29, 1.82) is 0 Å². The van der Waals surface area contributed by atoms with Gasteiger partial charge in [0.15, 0.2) is 0 Å². The minimum atomic E-state index is -3.74. The number of rotatable bonds is 8. The van der Waals surface area contributed by atoms with Crippen molar-refractivity contribution in [2.45, 2.75) is 51.3 Å². The van der Waals surface area contributed by atoms with Gasteiger partial charge in [0.1, 0.15) is 5.82 Å². The van der Waals surface area contributed by atoms with Crippen LogP contribution < -0.4 is 10.5 Å². The molecule has 4 nitrogen and oxygen atoms in total. The molecule has 1 aromatic carbocycles. The summed E-state index contributed by atoms with van der Waals surface area (Å²) in [5.74, 6) is -0.655. The van der Waals surface area contributed by atoms with E-state index in [4.69, 9.17) is 5.73 Å². The van der Waals surface area contributed by atoms with E-state index in [-0.39, 0.29) is 16.0 Å². The van der Waals surface area contributed by atoms with Crippen molar-refractivity contribution in [2.24, 2.45) is 5.41 Å². The fraction of sp³-hybridized carbons (Fsp3) is 0.600. The van der Waals surface area contributed by atoms with E-state index < -0.39 is 15.8 Å². The van der Waals surface area contributed by atoms with Crippen LogP contribution in [0.25, 0.3) is 0 Å². The molecule has 0 unspecified atom stereocenters. The molecule has 1 rings (SSSR count). The molecule has 3 N–H and O–H groups in total. The Morgan fingerprint density at radius 3 is 2.48 bits per heavy atom. The van der Waals surface area contributed by atoms with Crippen LogP contribution in [0.5, 0.6) is 0 Å². The van der Waals surface area contributed by atoms with E-state index >= 15 is 0 Å². The van der Waals surface area contributed by atoms with E-state index in [0.29, 0.717) is 6.54 Å². The lowest BCUT2D eigenvalue weighted by Crippen LogP contribution is -2.34. The van der Waals surface area contributed by atoms with Gasteiger partial charge < -0.3 is 5.73 Å². The van der Waals surface area contributed by atoms with Crippen LogP contribution in [-0.4, -0.2) is 15.0 Å². The summed E-state index contributed by atoms with van der Waals surface area (Å²) >= 11 is 0. The highest BCUT2D eigenvalue weighted by Gasteiger charge is 2.22. The van der Waals surface area contributed by atoms with Crippen LogP contribution in [0.15, 0.2) is 23.1 Å². The Balaban J connectivity index is 2.72. The molecule has 0 aliphatic rings. The first-order chi connectivity index (χ1) is 9.66. The lowest BCUT2D eigenvalue weighted by atomic mass is 9.87. The zero-order valence-corrected chi connectivity index (χ0v) is 13.8. The predicted octanol–water partition coefficient (Wildman–Crippen LogP) is 3.29. The normalized spacial score (nSPS) is 12.6. The van der Waals surface area contributed by atoms with Crippen molar-refractivity contribution in [1.82, 2.24) is 4.72 Å². The summed E-state index contributed by atoms with van der Waals surface area (Å²) < 4.78 is 40.2. The van der Waals surface area contributed by atoms with Crippen molar-refractivity contribution >= 4 is 15.7 Å². The molecule has 0 saturated heterocycles. The number of nitrogens with one attached hydrogen (secondary N) is 1.